The Morgan fingerprint density at radius 1 is 1.04 bits per heavy atom. The zero-order chi connectivity index (χ0) is 20.2. The van der Waals surface area contributed by atoms with Crippen molar-refractivity contribution in [2.75, 3.05) is 7.11 Å². The molecule has 0 amide bonds. The molecule has 1 atom stereocenters. The van der Waals surface area contributed by atoms with Crippen LogP contribution in [0.1, 0.15) is 37.5 Å². The van der Waals surface area contributed by atoms with Crippen molar-refractivity contribution >= 4 is 5.97 Å². The van der Waals surface area contributed by atoms with E-state index in [-0.39, 0.29) is 23.0 Å². The second-order valence-electron chi connectivity index (χ2n) is 6.62. The number of carbonyl (C=O) groups is 1. The summed E-state index contributed by atoms with van der Waals surface area (Å²) in [6, 6.07) is 11.6. The van der Waals surface area contributed by atoms with Crippen LogP contribution < -0.4 is 4.74 Å². The molecule has 0 aromatic heterocycles. The fourth-order valence-corrected chi connectivity index (χ4v) is 2.53. The summed E-state index contributed by atoms with van der Waals surface area (Å²) in [4.78, 5) is 12.2. The summed E-state index contributed by atoms with van der Waals surface area (Å²) < 4.78 is 45.5. The number of alkyl halides is 2. The van der Waals surface area contributed by atoms with Crippen molar-refractivity contribution in [3.8, 4) is 5.75 Å². The molecule has 0 N–H and O–H groups in total. The number of benzene rings is 2. The average Bonchev–Trinajstić information content (AvgIpc) is 2.61. The lowest BCUT2D eigenvalue weighted by Crippen LogP contribution is -2.45. The molecule has 2 rings (SSSR count). The molecule has 6 heteroatoms. The fraction of sp³-hybridized carbons (Fsp3) is 0.381. The summed E-state index contributed by atoms with van der Waals surface area (Å²) in [5.74, 6) is -5.31. The van der Waals surface area contributed by atoms with E-state index in [4.69, 9.17) is 14.2 Å². The average molecular weight is 378 g/mol. The maximum absolute atomic E-state index is 14.8. The Morgan fingerprint density at radius 3 is 2.15 bits per heavy atom. The molecule has 27 heavy (non-hydrogen) atoms. The molecule has 0 bridgehead atoms. The van der Waals surface area contributed by atoms with E-state index < -0.39 is 17.7 Å². The van der Waals surface area contributed by atoms with Gasteiger partial charge in [-0.25, -0.2) is 4.79 Å². The Morgan fingerprint density at radius 2 is 1.63 bits per heavy atom. The first kappa shape index (κ1) is 20.8. The number of aryl methyl sites for hydroxylation is 1. The van der Waals surface area contributed by atoms with Gasteiger partial charge >= 0.3 is 11.8 Å². The lowest BCUT2D eigenvalue weighted by atomic mass is 9.96. The van der Waals surface area contributed by atoms with Gasteiger partial charge in [0.05, 0.1) is 6.10 Å². The molecule has 0 fully saturated rings. The Bertz CT molecular complexity index is 787. The van der Waals surface area contributed by atoms with Gasteiger partial charge in [0, 0.05) is 25.2 Å². The summed E-state index contributed by atoms with van der Waals surface area (Å²) in [7, 11) is 1.31. The maximum Gasteiger partial charge on any atom is 0.379 e. The Hall–Kier alpha value is -2.47. The number of ether oxygens (including phenoxy) is 3. The molecule has 0 aliphatic carbocycles. The van der Waals surface area contributed by atoms with Crippen molar-refractivity contribution in [2.45, 2.75) is 45.5 Å². The van der Waals surface area contributed by atoms with Gasteiger partial charge in [-0.3, -0.25) is 0 Å². The SMILES string of the molecule is COC(C)(Oc1ccc(C(F)(F)c2ccccc2C)cc1)C(=O)OC(C)C. The smallest absolute Gasteiger partial charge is 0.379 e. The topological polar surface area (TPSA) is 44.8 Å². The van der Waals surface area contributed by atoms with Crippen molar-refractivity contribution in [1.29, 1.82) is 0 Å². The summed E-state index contributed by atoms with van der Waals surface area (Å²) in [5, 5.41) is 0. The zero-order valence-electron chi connectivity index (χ0n) is 16.1. The molecule has 2 aromatic rings. The first-order chi connectivity index (χ1) is 12.6. The normalized spacial score (nSPS) is 13.9. The molecule has 0 aliphatic rings. The highest BCUT2D eigenvalue weighted by atomic mass is 19.3. The van der Waals surface area contributed by atoms with E-state index in [2.05, 4.69) is 0 Å². The molecular formula is C21H24F2O4. The van der Waals surface area contributed by atoms with Crippen LogP contribution in [0.5, 0.6) is 5.75 Å². The molecule has 4 nitrogen and oxygen atoms in total. The van der Waals surface area contributed by atoms with Gasteiger partial charge in [-0.1, -0.05) is 24.3 Å². The van der Waals surface area contributed by atoms with E-state index in [1.807, 2.05) is 0 Å². The lowest BCUT2D eigenvalue weighted by molar-refractivity contribution is -0.206. The maximum atomic E-state index is 14.8. The van der Waals surface area contributed by atoms with Crippen LogP contribution in [0.25, 0.3) is 0 Å². The van der Waals surface area contributed by atoms with Gasteiger partial charge in [-0.2, -0.15) is 8.78 Å². The number of carbonyl (C=O) groups excluding carboxylic acids is 1. The van der Waals surface area contributed by atoms with Crippen molar-refractivity contribution in [3.05, 3.63) is 65.2 Å². The molecule has 0 spiro atoms. The third kappa shape index (κ3) is 4.63. The van der Waals surface area contributed by atoms with Crippen molar-refractivity contribution in [3.63, 3.8) is 0 Å². The molecule has 146 valence electrons. The zero-order valence-corrected chi connectivity index (χ0v) is 16.1. The molecule has 0 radical (unpaired) electrons. The molecule has 2 aromatic carbocycles. The van der Waals surface area contributed by atoms with Gasteiger partial charge in [0.15, 0.2) is 0 Å². The van der Waals surface area contributed by atoms with Gasteiger partial charge in [0.1, 0.15) is 5.75 Å². The summed E-state index contributed by atoms with van der Waals surface area (Å²) in [6.07, 6.45) is -0.342. The minimum Gasteiger partial charge on any atom is -0.458 e. The van der Waals surface area contributed by atoms with E-state index in [0.29, 0.717) is 5.56 Å². The first-order valence-electron chi connectivity index (χ1n) is 8.60. The van der Waals surface area contributed by atoms with Crippen LogP contribution in [-0.4, -0.2) is 25.0 Å². The minimum absolute atomic E-state index is 0.0547. The molecule has 0 heterocycles. The highest BCUT2D eigenvalue weighted by molar-refractivity contribution is 5.78. The standard InChI is InChI=1S/C21H24F2O4/c1-14(2)26-19(24)20(4,25-5)27-17-12-10-16(11-13-17)21(22,23)18-9-7-6-8-15(18)3/h6-14H,1-5H3. The largest absolute Gasteiger partial charge is 0.458 e. The highest BCUT2D eigenvalue weighted by Crippen LogP contribution is 2.38. The molecule has 0 saturated carbocycles. The van der Waals surface area contributed by atoms with E-state index in [1.54, 1.807) is 39.0 Å². The fourth-order valence-electron chi connectivity index (χ4n) is 2.53. The van der Waals surface area contributed by atoms with Crippen LogP contribution in [0, 0.1) is 6.92 Å². The Balaban J connectivity index is 2.24. The predicted molar refractivity (Wildman–Crippen MR) is 97.9 cm³/mol. The van der Waals surface area contributed by atoms with Gasteiger partial charge in [0.2, 0.25) is 0 Å². The number of hydrogen-bond acceptors (Lipinski definition) is 4. The van der Waals surface area contributed by atoms with Crippen LogP contribution in [0.15, 0.2) is 48.5 Å². The lowest BCUT2D eigenvalue weighted by Gasteiger charge is -2.28. The summed E-state index contributed by atoms with van der Waals surface area (Å²) in [6.45, 7) is 6.46. The van der Waals surface area contributed by atoms with Gasteiger partial charge < -0.3 is 14.2 Å². The van der Waals surface area contributed by atoms with E-state index in [0.717, 1.165) is 0 Å². The minimum atomic E-state index is -3.15. The first-order valence-corrected chi connectivity index (χ1v) is 8.60. The van der Waals surface area contributed by atoms with Crippen molar-refractivity contribution < 1.29 is 27.8 Å². The number of rotatable bonds is 7. The van der Waals surface area contributed by atoms with Gasteiger partial charge in [0.25, 0.3) is 5.92 Å². The molecular weight excluding hydrogens is 354 g/mol. The van der Waals surface area contributed by atoms with Crippen LogP contribution in [-0.2, 0) is 20.2 Å². The molecule has 0 aliphatic heterocycles. The van der Waals surface area contributed by atoms with Crippen LogP contribution >= 0.6 is 0 Å². The second kappa shape index (κ2) is 8.05. The molecule has 0 saturated heterocycles. The van der Waals surface area contributed by atoms with E-state index in [1.165, 1.54) is 44.4 Å². The number of methoxy groups -OCH3 is 1. The van der Waals surface area contributed by atoms with E-state index in [9.17, 15) is 13.6 Å². The van der Waals surface area contributed by atoms with Gasteiger partial charge in [-0.05, 0) is 50.6 Å². The van der Waals surface area contributed by atoms with Crippen LogP contribution in [0.4, 0.5) is 8.78 Å². The number of esters is 1. The van der Waals surface area contributed by atoms with Gasteiger partial charge in [-0.15, -0.1) is 0 Å². The third-order valence-electron chi connectivity index (χ3n) is 4.12. The predicted octanol–water partition coefficient (Wildman–Crippen LogP) is 4.83. The quantitative estimate of drug-likeness (QED) is 0.511. The Labute approximate surface area is 158 Å². The number of hydrogen-bond donors (Lipinski definition) is 0. The monoisotopic (exact) mass is 378 g/mol. The van der Waals surface area contributed by atoms with Crippen LogP contribution in [0.2, 0.25) is 0 Å². The third-order valence-corrected chi connectivity index (χ3v) is 4.12. The summed E-state index contributed by atoms with van der Waals surface area (Å²) in [5.41, 5.74) is 0.278. The molecule has 1 unspecified atom stereocenters. The second-order valence-corrected chi connectivity index (χ2v) is 6.62. The summed E-state index contributed by atoms with van der Waals surface area (Å²) >= 11 is 0. The van der Waals surface area contributed by atoms with Crippen LogP contribution in [0.3, 0.4) is 0 Å². The number of halogens is 2. The van der Waals surface area contributed by atoms with Crippen molar-refractivity contribution in [1.82, 2.24) is 0 Å². The van der Waals surface area contributed by atoms with E-state index >= 15 is 0 Å². The Kier molecular flexibility index (Phi) is 6.21. The highest BCUT2D eigenvalue weighted by Gasteiger charge is 2.39. The van der Waals surface area contributed by atoms with Crippen molar-refractivity contribution in [2.24, 2.45) is 0 Å².